The number of benzene rings is 2. The predicted molar refractivity (Wildman–Crippen MR) is 112 cm³/mol. The van der Waals surface area contributed by atoms with Gasteiger partial charge >= 0.3 is 0 Å². The Bertz CT molecular complexity index is 927. The Morgan fingerprint density at radius 2 is 1.75 bits per heavy atom. The van der Waals surface area contributed by atoms with Crippen molar-refractivity contribution in [3.8, 4) is 0 Å². The molecule has 1 amide bonds. The van der Waals surface area contributed by atoms with E-state index in [1.165, 1.54) is 4.31 Å². The highest BCUT2D eigenvalue weighted by Crippen LogP contribution is 2.20. The van der Waals surface area contributed by atoms with Crippen LogP contribution in [0.5, 0.6) is 0 Å². The van der Waals surface area contributed by atoms with Crippen LogP contribution < -0.4 is 5.32 Å². The third-order valence-corrected chi connectivity index (χ3v) is 6.84. The number of nitrogens with one attached hydrogen (secondary N) is 1. The van der Waals surface area contributed by atoms with E-state index in [0.29, 0.717) is 36.9 Å². The second kappa shape index (κ2) is 9.05. The number of nitrogens with zero attached hydrogens (tertiary/aromatic N) is 2. The second-order valence-corrected chi connectivity index (χ2v) is 9.33. The van der Waals surface area contributed by atoms with Gasteiger partial charge in [0.1, 0.15) is 0 Å². The first-order chi connectivity index (χ1) is 13.3. The Balaban J connectivity index is 1.51. The topological polar surface area (TPSA) is 69.7 Å². The molecule has 2 aromatic rings. The third-order valence-electron chi connectivity index (χ3n) is 4.76. The zero-order chi connectivity index (χ0) is 20.1. The van der Waals surface area contributed by atoms with E-state index >= 15 is 0 Å². The largest absolute Gasteiger partial charge is 0.325 e. The molecular weight excluding hydrogens is 398 g/mol. The van der Waals surface area contributed by atoms with Gasteiger partial charge in [-0.25, -0.2) is 8.42 Å². The number of amides is 1. The van der Waals surface area contributed by atoms with Crippen LogP contribution >= 0.6 is 11.6 Å². The van der Waals surface area contributed by atoms with Crippen molar-refractivity contribution in [1.29, 1.82) is 0 Å². The molecule has 0 radical (unpaired) electrons. The Morgan fingerprint density at radius 3 is 2.43 bits per heavy atom. The minimum atomic E-state index is -3.36. The lowest BCUT2D eigenvalue weighted by atomic mass is 10.2. The van der Waals surface area contributed by atoms with E-state index < -0.39 is 10.0 Å². The van der Waals surface area contributed by atoms with Gasteiger partial charge in [-0.05, 0) is 30.2 Å². The fraction of sp³-hybridized carbons (Fsp3) is 0.350. The van der Waals surface area contributed by atoms with Gasteiger partial charge in [0.25, 0.3) is 0 Å². The minimum absolute atomic E-state index is 0.00235. The maximum absolute atomic E-state index is 12.6. The van der Waals surface area contributed by atoms with E-state index in [4.69, 9.17) is 11.6 Å². The lowest BCUT2D eigenvalue weighted by Crippen LogP contribution is -2.50. The van der Waals surface area contributed by atoms with Crippen molar-refractivity contribution in [2.24, 2.45) is 0 Å². The van der Waals surface area contributed by atoms with Crippen molar-refractivity contribution >= 4 is 33.2 Å². The summed E-state index contributed by atoms with van der Waals surface area (Å²) in [4.78, 5) is 14.3. The fourth-order valence-electron chi connectivity index (χ4n) is 3.16. The molecule has 1 N–H and O–H groups in total. The number of rotatable bonds is 6. The van der Waals surface area contributed by atoms with Crippen LogP contribution in [0.25, 0.3) is 0 Å². The molecule has 1 heterocycles. The van der Waals surface area contributed by atoms with Crippen LogP contribution in [-0.2, 0) is 20.6 Å². The van der Waals surface area contributed by atoms with Gasteiger partial charge in [0.15, 0.2) is 0 Å². The molecule has 0 unspecified atom stereocenters. The van der Waals surface area contributed by atoms with Crippen molar-refractivity contribution in [2.45, 2.75) is 12.7 Å². The number of carbonyl (C=O) groups is 1. The standard InChI is InChI=1S/C20H24ClN3O3S/c1-16-7-8-18(21)13-19(16)22-20(25)14-23-9-11-24(12-10-23)28(26,27)15-17-5-3-2-4-6-17/h2-8,13H,9-12,14-15H2,1H3,(H,22,25). The number of piperazine rings is 1. The van der Waals surface area contributed by atoms with E-state index in [0.717, 1.165) is 11.1 Å². The highest BCUT2D eigenvalue weighted by Gasteiger charge is 2.27. The molecule has 1 saturated heterocycles. The zero-order valence-electron chi connectivity index (χ0n) is 15.8. The van der Waals surface area contributed by atoms with Crippen molar-refractivity contribution < 1.29 is 13.2 Å². The summed E-state index contributed by atoms with van der Waals surface area (Å²) in [5.74, 6) is -0.131. The smallest absolute Gasteiger partial charge is 0.238 e. The van der Waals surface area contributed by atoms with Gasteiger partial charge in [0.05, 0.1) is 12.3 Å². The molecule has 1 aliphatic rings. The number of carbonyl (C=O) groups excluding carboxylic acids is 1. The Kier molecular flexibility index (Phi) is 6.72. The van der Waals surface area contributed by atoms with Crippen LogP contribution in [0.1, 0.15) is 11.1 Å². The van der Waals surface area contributed by atoms with Crippen molar-refractivity contribution in [1.82, 2.24) is 9.21 Å². The number of hydrogen-bond donors (Lipinski definition) is 1. The molecule has 0 spiro atoms. The Morgan fingerprint density at radius 1 is 1.07 bits per heavy atom. The fourth-order valence-corrected chi connectivity index (χ4v) is 4.85. The summed E-state index contributed by atoms with van der Waals surface area (Å²) in [6.45, 7) is 3.95. The van der Waals surface area contributed by atoms with Gasteiger partial charge in [-0.3, -0.25) is 9.69 Å². The predicted octanol–water partition coefficient (Wildman–Crippen LogP) is 2.73. The lowest BCUT2D eigenvalue weighted by molar-refractivity contribution is -0.117. The summed E-state index contributed by atoms with van der Waals surface area (Å²) >= 11 is 5.98. The monoisotopic (exact) mass is 421 g/mol. The van der Waals surface area contributed by atoms with E-state index in [2.05, 4.69) is 5.32 Å². The number of sulfonamides is 1. The molecule has 0 saturated carbocycles. The molecule has 2 aromatic carbocycles. The molecule has 0 aliphatic carbocycles. The van der Waals surface area contributed by atoms with Gasteiger partial charge in [-0.1, -0.05) is 48.0 Å². The SMILES string of the molecule is Cc1ccc(Cl)cc1NC(=O)CN1CCN(S(=O)(=O)Cc2ccccc2)CC1. The molecule has 0 bridgehead atoms. The molecular formula is C20H24ClN3O3S. The molecule has 0 aromatic heterocycles. The molecule has 1 fully saturated rings. The van der Waals surface area contributed by atoms with Gasteiger partial charge in [0.2, 0.25) is 15.9 Å². The Hall–Kier alpha value is -1.93. The van der Waals surface area contributed by atoms with Crippen molar-refractivity contribution in [2.75, 3.05) is 38.0 Å². The highest BCUT2D eigenvalue weighted by atomic mass is 35.5. The number of aryl methyl sites for hydroxylation is 1. The third kappa shape index (κ3) is 5.54. The van der Waals surface area contributed by atoms with Crippen LogP contribution in [0, 0.1) is 6.92 Å². The summed E-state index contributed by atoms with van der Waals surface area (Å²) < 4.78 is 26.7. The van der Waals surface area contributed by atoms with Crippen LogP contribution in [0.4, 0.5) is 5.69 Å². The van der Waals surface area contributed by atoms with Gasteiger partial charge in [-0.15, -0.1) is 0 Å². The van der Waals surface area contributed by atoms with E-state index in [9.17, 15) is 13.2 Å². The number of hydrogen-bond acceptors (Lipinski definition) is 4. The molecule has 0 atom stereocenters. The molecule has 1 aliphatic heterocycles. The Labute approximate surface area is 171 Å². The van der Waals surface area contributed by atoms with Crippen molar-refractivity contribution in [3.63, 3.8) is 0 Å². The zero-order valence-corrected chi connectivity index (χ0v) is 17.3. The van der Waals surface area contributed by atoms with Crippen LogP contribution in [0.2, 0.25) is 5.02 Å². The van der Waals surface area contributed by atoms with Crippen LogP contribution in [-0.4, -0.2) is 56.3 Å². The van der Waals surface area contributed by atoms with Gasteiger partial charge in [0, 0.05) is 36.9 Å². The first-order valence-electron chi connectivity index (χ1n) is 9.13. The average Bonchev–Trinajstić information content (AvgIpc) is 2.65. The van der Waals surface area contributed by atoms with E-state index in [-0.39, 0.29) is 18.2 Å². The molecule has 6 nitrogen and oxygen atoms in total. The maximum atomic E-state index is 12.6. The average molecular weight is 422 g/mol. The molecule has 150 valence electrons. The summed E-state index contributed by atoms with van der Waals surface area (Å²) in [5.41, 5.74) is 2.41. The molecule has 28 heavy (non-hydrogen) atoms. The number of anilines is 1. The molecule has 3 rings (SSSR count). The summed E-state index contributed by atoms with van der Waals surface area (Å²) in [6, 6.07) is 14.5. The minimum Gasteiger partial charge on any atom is -0.325 e. The quantitative estimate of drug-likeness (QED) is 0.778. The maximum Gasteiger partial charge on any atom is 0.238 e. The van der Waals surface area contributed by atoms with Crippen molar-refractivity contribution in [3.05, 3.63) is 64.7 Å². The normalized spacial score (nSPS) is 16.1. The van der Waals surface area contributed by atoms with Gasteiger partial charge < -0.3 is 5.32 Å². The van der Waals surface area contributed by atoms with E-state index in [1.807, 2.05) is 48.2 Å². The first kappa shape index (κ1) is 20.8. The molecule has 8 heteroatoms. The van der Waals surface area contributed by atoms with Crippen LogP contribution in [0.15, 0.2) is 48.5 Å². The first-order valence-corrected chi connectivity index (χ1v) is 11.1. The highest BCUT2D eigenvalue weighted by molar-refractivity contribution is 7.88. The summed E-state index contributed by atoms with van der Waals surface area (Å²) in [5, 5.41) is 3.44. The summed E-state index contributed by atoms with van der Waals surface area (Å²) in [7, 11) is -3.36. The van der Waals surface area contributed by atoms with Crippen LogP contribution in [0.3, 0.4) is 0 Å². The van der Waals surface area contributed by atoms with Gasteiger partial charge in [-0.2, -0.15) is 4.31 Å². The summed E-state index contributed by atoms with van der Waals surface area (Å²) in [6.07, 6.45) is 0. The number of halogens is 1. The second-order valence-electron chi connectivity index (χ2n) is 6.92. The van der Waals surface area contributed by atoms with E-state index in [1.54, 1.807) is 12.1 Å². The lowest BCUT2D eigenvalue weighted by Gasteiger charge is -2.33.